The highest BCUT2D eigenvalue weighted by molar-refractivity contribution is 4.78. The van der Waals surface area contributed by atoms with Gasteiger partial charge >= 0.3 is 0 Å². The molecule has 1 aliphatic carbocycles. The molecule has 0 radical (unpaired) electrons. The molecule has 0 amide bonds. The minimum absolute atomic E-state index is 0.747. The third kappa shape index (κ3) is 4.04. The van der Waals surface area contributed by atoms with E-state index in [1.165, 1.54) is 45.3 Å². The topological polar surface area (TPSA) is 24.5 Å². The van der Waals surface area contributed by atoms with Gasteiger partial charge in [-0.05, 0) is 31.6 Å². The Morgan fingerprint density at radius 2 is 2.25 bits per heavy atom. The van der Waals surface area contributed by atoms with Gasteiger partial charge in [-0.15, -0.1) is 0 Å². The SMILES string of the molecule is CCC1CNCCN1CCCOCC1CC1. The maximum Gasteiger partial charge on any atom is 0.0494 e. The van der Waals surface area contributed by atoms with Crippen molar-refractivity contribution in [2.45, 2.75) is 38.6 Å². The van der Waals surface area contributed by atoms with E-state index in [-0.39, 0.29) is 0 Å². The predicted octanol–water partition coefficient (Wildman–Crippen LogP) is 1.49. The van der Waals surface area contributed by atoms with Crippen LogP contribution in [-0.4, -0.2) is 50.3 Å². The molecule has 0 aromatic rings. The lowest BCUT2D eigenvalue weighted by Gasteiger charge is -2.35. The molecule has 0 aromatic carbocycles. The van der Waals surface area contributed by atoms with E-state index in [0.29, 0.717) is 0 Å². The molecule has 16 heavy (non-hydrogen) atoms. The second-order valence-corrected chi connectivity index (χ2v) is 5.17. The van der Waals surface area contributed by atoms with Crippen LogP contribution in [0.2, 0.25) is 0 Å². The van der Waals surface area contributed by atoms with Crippen molar-refractivity contribution in [2.24, 2.45) is 5.92 Å². The molecule has 2 aliphatic rings. The largest absolute Gasteiger partial charge is 0.381 e. The molecule has 1 saturated heterocycles. The molecule has 1 unspecified atom stereocenters. The van der Waals surface area contributed by atoms with Crippen LogP contribution >= 0.6 is 0 Å². The van der Waals surface area contributed by atoms with Crippen molar-refractivity contribution in [3.8, 4) is 0 Å². The van der Waals surface area contributed by atoms with Crippen molar-refractivity contribution < 1.29 is 4.74 Å². The summed E-state index contributed by atoms with van der Waals surface area (Å²) in [7, 11) is 0. The standard InChI is InChI=1S/C13H26N2O/c1-2-13-10-14-6-8-15(13)7-3-9-16-11-12-4-5-12/h12-14H,2-11H2,1H3. The average Bonchev–Trinajstić information content (AvgIpc) is 3.13. The first-order valence-electron chi connectivity index (χ1n) is 6.92. The quantitative estimate of drug-likeness (QED) is 0.666. The van der Waals surface area contributed by atoms with Crippen molar-refractivity contribution in [3.05, 3.63) is 0 Å². The van der Waals surface area contributed by atoms with Gasteiger partial charge in [-0.25, -0.2) is 0 Å². The summed E-state index contributed by atoms with van der Waals surface area (Å²) in [5, 5.41) is 3.47. The highest BCUT2D eigenvalue weighted by Crippen LogP contribution is 2.28. The number of ether oxygens (including phenoxy) is 1. The van der Waals surface area contributed by atoms with Crippen molar-refractivity contribution in [1.29, 1.82) is 0 Å². The molecule has 94 valence electrons. The molecule has 0 aromatic heterocycles. The maximum absolute atomic E-state index is 5.68. The van der Waals surface area contributed by atoms with Gasteiger partial charge in [0.1, 0.15) is 0 Å². The molecule has 1 saturated carbocycles. The van der Waals surface area contributed by atoms with Gasteiger partial charge in [-0.3, -0.25) is 4.90 Å². The Bertz CT molecular complexity index is 194. The van der Waals surface area contributed by atoms with Crippen LogP contribution in [0.25, 0.3) is 0 Å². The fourth-order valence-corrected chi connectivity index (χ4v) is 2.40. The third-order valence-corrected chi connectivity index (χ3v) is 3.73. The molecule has 1 N–H and O–H groups in total. The molecule has 0 bridgehead atoms. The minimum atomic E-state index is 0.747. The third-order valence-electron chi connectivity index (χ3n) is 3.73. The summed E-state index contributed by atoms with van der Waals surface area (Å²) in [6.07, 6.45) is 5.25. The lowest BCUT2D eigenvalue weighted by Crippen LogP contribution is -2.51. The van der Waals surface area contributed by atoms with E-state index in [1.54, 1.807) is 0 Å². The van der Waals surface area contributed by atoms with Gasteiger partial charge in [0.2, 0.25) is 0 Å². The van der Waals surface area contributed by atoms with E-state index >= 15 is 0 Å². The number of nitrogens with zero attached hydrogens (tertiary/aromatic N) is 1. The van der Waals surface area contributed by atoms with Crippen molar-refractivity contribution in [1.82, 2.24) is 10.2 Å². The van der Waals surface area contributed by atoms with Crippen LogP contribution in [0.1, 0.15) is 32.6 Å². The normalized spacial score (nSPS) is 27.2. The zero-order valence-electron chi connectivity index (χ0n) is 10.6. The zero-order chi connectivity index (χ0) is 11.2. The summed E-state index contributed by atoms with van der Waals surface area (Å²) >= 11 is 0. The predicted molar refractivity (Wildman–Crippen MR) is 66.7 cm³/mol. The lowest BCUT2D eigenvalue weighted by molar-refractivity contribution is 0.0965. The van der Waals surface area contributed by atoms with Crippen molar-refractivity contribution in [2.75, 3.05) is 39.4 Å². The molecule has 2 fully saturated rings. The van der Waals surface area contributed by atoms with Gasteiger partial charge < -0.3 is 10.1 Å². The lowest BCUT2D eigenvalue weighted by atomic mass is 10.1. The fraction of sp³-hybridized carbons (Fsp3) is 1.00. The first kappa shape index (κ1) is 12.3. The summed E-state index contributed by atoms with van der Waals surface area (Å²) in [4.78, 5) is 2.62. The van der Waals surface area contributed by atoms with Crippen LogP contribution in [0.5, 0.6) is 0 Å². The number of hydrogen-bond acceptors (Lipinski definition) is 3. The Hall–Kier alpha value is -0.120. The second kappa shape index (κ2) is 6.58. The van der Waals surface area contributed by atoms with Gasteiger partial charge in [0.25, 0.3) is 0 Å². The van der Waals surface area contributed by atoms with Gasteiger partial charge in [0.05, 0.1) is 0 Å². The summed E-state index contributed by atoms with van der Waals surface area (Å²) < 4.78 is 5.68. The molecular weight excluding hydrogens is 200 g/mol. The van der Waals surface area contributed by atoms with E-state index in [0.717, 1.165) is 31.7 Å². The minimum Gasteiger partial charge on any atom is -0.381 e. The van der Waals surface area contributed by atoms with E-state index in [2.05, 4.69) is 17.1 Å². The van der Waals surface area contributed by atoms with Crippen LogP contribution < -0.4 is 5.32 Å². The fourth-order valence-electron chi connectivity index (χ4n) is 2.40. The highest BCUT2D eigenvalue weighted by atomic mass is 16.5. The summed E-state index contributed by atoms with van der Waals surface area (Å²) in [5.41, 5.74) is 0. The first-order valence-corrected chi connectivity index (χ1v) is 6.92. The molecule has 2 rings (SSSR count). The van der Waals surface area contributed by atoms with Gasteiger partial charge in [0.15, 0.2) is 0 Å². The van der Waals surface area contributed by atoms with Crippen LogP contribution in [0.4, 0.5) is 0 Å². The maximum atomic E-state index is 5.68. The Kier molecular flexibility index (Phi) is 5.07. The van der Waals surface area contributed by atoms with E-state index in [1.807, 2.05) is 0 Å². The van der Waals surface area contributed by atoms with E-state index in [9.17, 15) is 0 Å². The Morgan fingerprint density at radius 3 is 3.00 bits per heavy atom. The smallest absolute Gasteiger partial charge is 0.0494 e. The average molecular weight is 226 g/mol. The van der Waals surface area contributed by atoms with E-state index < -0.39 is 0 Å². The first-order chi connectivity index (χ1) is 7.90. The molecule has 1 heterocycles. The summed E-state index contributed by atoms with van der Waals surface area (Å²) in [6, 6.07) is 0.747. The molecule has 1 aliphatic heterocycles. The molecule has 0 spiro atoms. The molecular formula is C13H26N2O. The number of nitrogens with one attached hydrogen (secondary N) is 1. The number of rotatable bonds is 7. The Balaban J connectivity index is 1.52. The number of piperazine rings is 1. The monoisotopic (exact) mass is 226 g/mol. The van der Waals surface area contributed by atoms with Crippen LogP contribution in [-0.2, 0) is 4.74 Å². The van der Waals surface area contributed by atoms with Gasteiger partial charge in [-0.1, -0.05) is 6.92 Å². The number of hydrogen-bond donors (Lipinski definition) is 1. The molecule has 3 nitrogen and oxygen atoms in total. The highest BCUT2D eigenvalue weighted by Gasteiger charge is 2.21. The second-order valence-electron chi connectivity index (χ2n) is 5.17. The van der Waals surface area contributed by atoms with Gasteiger partial charge in [0, 0.05) is 45.4 Å². The van der Waals surface area contributed by atoms with Crippen LogP contribution in [0.3, 0.4) is 0 Å². The zero-order valence-corrected chi connectivity index (χ0v) is 10.6. The van der Waals surface area contributed by atoms with E-state index in [4.69, 9.17) is 4.74 Å². The molecule has 3 heteroatoms. The van der Waals surface area contributed by atoms with Crippen LogP contribution in [0, 0.1) is 5.92 Å². The van der Waals surface area contributed by atoms with Gasteiger partial charge in [-0.2, -0.15) is 0 Å². The summed E-state index contributed by atoms with van der Waals surface area (Å²) in [5.74, 6) is 0.905. The Labute approximate surface area is 99.5 Å². The van der Waals surface area contributed by atoms with Crippen molar-refractivity contribution in [3.63, 3.8) is 0 Å². The van der Waals surface area contributed by atoms with Crippen LogP contribution in [0.15, 0.2) is 0 Å². The Morgan fingerprint density at radius 1 is 1.38 bits per heavy atom. The van der Waals surface area contributed by atoms with Crippen molar-refractivity contribution >= 4 is 0 Å². The summed E-state index contributed by atoms with van der Waals surface area (Å²) in [6.45, 7) is 8.99. The molecule has 1 atom stereocenters.